The van der Waals surface area contributed by atoms with Crippen LogP contribution in [0.5, 0.6) is 0 Å². The van der Waals surface area contributed by atoms with E-state index in [2.05, 4.69) is 64.6 Å². The van der Waals surface area contributed by atoms with Gasteiger partial charge in [0.1, 0.15) is 0 Å². The molecule has 1 aliphatic rings. The molecule has 0 saturated carbocycles. The lowest BCUT2D eigenvalue weighted by Crippen LogP contribution is -2.45. The second-order valence-corrected chi connectivity index (χ2v) is 9.29. The van der Waals surface area contributed by atoms with Gasteiger partial charge in [-0.2, -0.15) is 0 Å². The van der Waals surface area contributed by atoms with Crippen LogP contribution in [0, 0.1) is 0 Å². The number of ketones is 1. The predicted molar refractivity (Wildman–Crippen MR) is 121 cm³/mol. The first kappa shape index (κ1) is 18.5. The van der Waals surface area contributed by atoms with E-state index >= 15 is 0 Å². The van der Waals surface area contributed by atoms with E-state index in [1.807, 2.05) is 36.4 Å². The molecule has 4 aromatic rings. The Morgan fingerprint density at radius 2 is 1.03 bits per heavy atom. The highest BCUT2D eigenvalue weighted by Crippen LogP contribution is 2.48. The Morgan fingerprint density at radius 1 is 0.586 bits per heavy atom. The Kier molecular flexibility index (Phi) is 5.15. The van der Waals surface area contributed by atoms with Crippen molar-refractivity contribution in [2.45, 2.75) is 23.9 Å². The zero-order chi connectivity index (χ0) is 19.6. The van der Waals surface area contributed by atoms with Crippen LogP contribution in [-0.4, -0.2) is 5.78 Å². The maximum atomic E-state index is 14.1. The quantitative estimate of drug-likeness (QED) is 0.422. The van der Waals surface area contributed by atoms with E-state index in [-0.39, 0.29) is 29.7 Å². The topological polar surface area (TPSA) is 29.1 Å². The summed E-state index contributed by atoms with van der Waals surface area (Å²) in [5.41, 5.74) is 2.16. The summed E-state index contributed by atoms with van der Waals surface area (Å²) < 4.78 is 0. The average Bonchev–Trinajstić information content (AvgIpc) is 3.49. The lowest BCUT2D eigenvalue weighted by Gasteiger charge is -2.41. The molecule has 4 heteroatoms. The van der Waals surface area contributed by atoms with Gasteiger partial charge in [0.2, 0.25) is 0 Å². The Morgan fingerprint density at radius 3 is 1.41 bits per heavy atom. The number of carbonyl (C=O) groups is 1. The highest BCUT2D eigenvalue weighted by molar-refractivity contribution is 7.10. The van der Waals surface area contributed by atoms with Crippen LogP contribution in [0.25, 0.3) is 0 Å². The van der Waals surface area contributed by atoms with Crippen molar-refractivity contribution in [3.63, 3.8) is 0 Å². The zero-order valence-corrected chi connectivity index (χ0v) is 17.4. The lowest BCUT2D eigenvalue weighted by molar-refractivity contribution is -0.125. The summed E-state index contributed by atoms with van der Waals surface area (Å²) in [6.07, 6.45) is 0. The molecule has 0 aliphatic carbocycles. The largest absolute Gasteiger partial charge is 0.300 e. The molecule has 1 saturated heterocycles. The molecule has 144 valence electrons. The minimum atomic E-state index is -0.212. The minimum absolute atomic E-state index is 0.0306. The van der Waals surface area contributed by atoms with Crippen molar-refractivity contribution < 1.29 is 4.79 Å². The van der Waals surface area contributed by atoms with Gasteiger partial charge in [0.15, 0.2) is 5.78 Å². The molecule has 0 spiro atoms. The monoisotopic (exact) mass is 415 g/mol. The van der Waals surface area contributed by atoms with Crippen LogP contribution in [0.2, 0.25) is 0 Å². The van der Waals surface area contributed by atoms with E-state index in [0.29, 0.717) is 0 Å². The number of thiophene rings is 2. The second-order valence-electron chi connectivity index (χ2n) is 7.33. The number of hydrogen-bond acceptors (Lipinski definition) is 4. The number of hydrogen-bond donors (Lipinski definition) is 1. The highest BCUT2D eigenvalue weighted by atomic mass is 32.1. The second kappa shape index (κ2) is 8.07. The van der Waals surface area contributed by atoms with Crippen molar-refractivity contribution in [1.82, 2.24) is 5.32 Å². The van der Waals surface area contributed by atoms with Gasteiger partial charge >= 0.3 is 0 Å². The first-order valence-electron chi connectivity index (χ1n) is 9.79. The van der Waals surface area contributed by atoms with Crippen molar-refractivity contribution in [3.8, 4) is 0 Å². The molecule has 0 bridgehead atoms. The molecule has 0 unspecified atom stereocenters. The molecule has 3 heterocycles. The van der Waals surface area contributed by atoms with Gasteiger partial charge in [0.05, 0.1) is 23.9 Å². The summed E-state index contributed by atoms with van der Waals surface area (Å²) in [5.74, 6) is -0.134. The fourth-order valence-electron chi connectivity index (χ4n) is 4.37. The first-order chi connectivity index (χ1) is 14.3. The maximum Gasteiger partial charge on any atom is 0.151 e. The molecule has 1 aliphatic heterocycles. The van der Waals surface area contributed by atoms with Crippen molar-refractivity contribution in [2.24, 2.45) is 0 Å². The predicted octanol–water partition coefficient (Wildman–Crippen LogP) is 6.33. The van der Waals surface area contributed by atoms with Crippen LogP contribution in [0.3, 0.4) is 0 Å². The Bertz CT molecular complexity index is 973. The van der Waals surface area contributed by atoms with Gasteiger partial charge in [-0.3, -0.25) is 10.1 Å². The van der Waals surface area contributed by atoms with Gasteiger partial charge in [-0.15, -0.1) is 22.7 Å². The lowest BCUT2D eigenvalue weighted by atomic mass is 9.72. The highest BCUT2D eigenvalue weighted by Gasteiger charge is 2.46. The maximum absolute atomic E-state index is 14.1. The number of piperidine rings is 1. The van der Waals surface area contributed by atoms with E-state index in [4.69, 9.17) is 0 Å². The first-order valence-corrected chi connectivity index (χ1v) is 11.6. The van der Waals surface area contributed by atoms with Crippen LogP contribution in [0.4, 0.5) is 0 Å². The summed E-state index contributed by atoms with van der Waals surface area (Å²) >= 11 is 3.43. The van der Waals surface area contributed by atoms with Crippen LogP contribution in [-0.2, 0) is 4.79 Å². The third-order valence-corrected chi connectivity index (χ3v) is 7.57. The van der Waals surface area contributed by atoms with Crippen molar-refractivity contribution in [1.29, 1.82) is 0 Å². The van der Waals surface area contributed by atoms with E-state index in [0.717, 1.165) is 11.1 Å². The molecule has 2 aromatic carbocycles. The average molecular weight is 416 g/mol. The molecule has 1 fully saturated rings. The molecule has 29 heavy (non-hydrogen) atoms. The summed E-state index contributed by atoms with van der Waals surface area (Å²) in [6.45, 7) is 0. The summed E-state index contributed by atoms with van der Waals surface area (Å²) in [5, 5.41) is 8.07. The fourth-order valence-corrected chi connectivity index (χ4v) is 6.02. The normalized spacial score (nSPS) is 24.5. The van der Waals surface area contributed by atoms with Gasteiger partial charge < -0.3 is 0 Å². The Labute approximate surface area is 178 Å². The Balaban J connectivity index is 1.66. The van der Waals surface area contributed by atoms with Crippen LogP contribution in [0.15, 0.2) is 95.7 Å². The van der Waals surface area contributed by atoms with Crippen molar-refractivity contribution in [2.75, 3.05) is 0 Å². The molecule has 5 rings (SSSR count). The number of carbonyl (C=O) groups excluding carboxylic acids is 1. The van der Waals surface area contributed by atoms with Crippen molar-refractivity contribution >= 4 is 28.5 Å². The van der Waals surface area contributed by atoms with Crippen molar-refractivity contribution in [3.05, 3.63) is 117 Å². The molecule has 4 atom stereocenters. The van der Waals surface area contributed by atoms with Crippen LogP contribution < -0.4 is 5.32 Å². The Hall–Kier alpha value is -2.53. The van der Waals surface area contributed by atoms with Crippen LogP contribution >= 0.6 is 22.7 Å². The van der Waals surface area contributed by atoms with Crippen LogP contribution in [0.1, 0.15) is 44.8 Å². The third kappa shape index (κ3) is 3.48. The summed E-state index contributed by atoms with van der Waals surface area (Å²) in [6, 6.07) is 28.8. The number of nitrogens with one attached hydrogen (secondary N) is 1. The molecular formula is C25H21NOS2. The molecule has 0 radical (unpaired) electrons. The fraction of sp³-hybridized carbons (Fsp3) is 0.160. The van der Waals surface area contributed by atoms with Gasteiger partial charge in [0, 0.05) is 9.75 Å². The molecular weight excluding hydrogens is 394 g/mol. The van der Waals surface area contributed by atoms with Gasteiger partial charge in [-0.1, -0.05) is 72.8 Å². The van der Waals surface area contributed by atoms with E-state index in [1.165, 1.54) is 9.75 Å². The number of benzene rings is 2. The SMILES string of the molecule is O=C1[C@H](c2ccccc2)[C@@H](c2cccs2)N[C@H](c2cccs2)[C@H]1c1ccccc1. The van der Waals surface area contributed by atoms with Gasteiger partial charge in [-0.05, 0) is 34.0 Å². The van der Waals surface area contributed by atoms with Gasteiger partial charge in [0.25, 0.3) is 0 Å². The molecule has 0 amide bonds. The zero-order valence-electron chi connectivity index (χ0n) is 15.8. The van der Waals surface area contributed by atoms with E-state index < -0.39 is 0 Å². The standard InChI is InChI=1S/C25H21NOS2/c27-25-21(17-9-3-1-4-10-17)23(19-13-7-15-28-19)26-24(20-14-8-16-29-20)22(25)18-11-5-2-6-12-18/h1-16,21-24,26H/t21-,22-,23-,24-/m1/s1. The van der Waals surface area contributed by atoms with E-state index in [9.17, 15) is 4.79 Å². The third-order valence-electron chi connectivity index (χ3n) is 5.66. The van der Waals surface area contributed by atoms with Gasteiger partial charge in [-0.25, -0.2) is 0 Å². The smallest absolute Gasteiger partial charge is 0.151 e. The van der Waals surface area contributed by atoms with E-state index in [1.54, 1.807) is 22.7 Å². The minimum Gasteiger partial charge on any atom is -0.300 e. The molecule has 2 nitrogen and oxygen atoms in total. The molecule has 2 aromatic heterocycles. The molecule has 1 N–H and O–H groups in total. The summed E-state index contributed by atoms with van der Waals surface area (Å²) in [7, 11) is 0. The number of Topliss-reactive ketones (excluding diaryl/α,β-unsaturated/α-hetero) is 1. The summed E-state index contributed by atoms with van der Waals surface area (Å²) in [4.78, 5) is 16.5. The number of rotatable bonds is 4.